The molecule has 2 aliphatic heterocycles. The van der Waals surface area contributed by atoms with Crippen LogP contribution in [0.1, 0.15) is 16.1 Å². The first-order chi connectivity index (χ1) is 9.67. The maximum atomic E-state index is 11.5. The second-order valence-corrected chi connectivity index (χ2v) is 5.04. The maximum absolute atomic E-state index is 11.5. The quantitative estimate of drug-likeness (QED) is 0.377. The van der Waals surface area contributed by atoms with Gasteiger partial charge >= 0.3 is 6.03 Å². The van der Waals surface area contributed by atoms with Crippen molar-refractivity contribution in [2.24, 2.45) is 5.84 Å². The number of fused-ring (bicyclic) bond motifs is 1. The lowest BCUT2D eigenvalue weighted by molar-refractivity contribution is 0.0953. The summed E-state index contributed by atoms with van der Waals surface area (Å²) < 4.78 is 5.37. The number of amides is 3. The van der Waals surface area contributed by atoms with E-state index >= 15 is 0 Å². The van der Waals surface area contributed by atoms with Crippen LogP contribution in [0.2, 0.25) is 0 Å². The number of nitrogens with one attached hydrogen (secondary N) is 2. The van der Waals surface area contributed by atoms with Crippen LogP contribution < -0.4 is 16.6 Å². The van der Waals surface area contributed by atoms with Crippen LogP contribution in [0.5, 0.6) is 0 Å². The number of hydrogen-bond acceptors (Lipinski definition) is 5. The molecule has 0 radical (unpaired) electrons. The lowest BCUT2D eigenvalue weighted by Crippen LogP contribution is -2.51. The van der Waals surface area contributed by atoms with Crippen LogP contribution in [0.4, 0.5) is 4.79 Å². The Morgan fingerprint density at radius 1 is 1.55 bits per heavy atom. The van der Waals surface area contributed by atoms with E-state index in [1.54, 1.807) is 6.07 Å². The molecule has 20 heavy (non-hydrogen) atoms. The molecule has 3 rings (SSSR count). The smallest absolute Gasteiger partial charge is 0.317 e. The second-order valence-electron chi connectivity index (χ2n) is 5.04. The fraction of sp³-hybridized carbons (Fsp3) is 0.500. The van der Waals surface area contributed by atoms with Crippen LogP contribution in [-0.4, -0.2) is 54.0 Å². The van der Waals surface area contributed by atoms with Crippen molar-refractivity contribution in [1.82, 2.24) is 20.5 Å². The highest BCUT2D eigenvalue weighted by Gasteiger charge is 2.35. The maximum Gasteiger partial charge on any atom is 0.317 e. The van der Waals surface area contributed by atoms with Gasteiger partial charge < -0.3 is 14.6 Å². The van der Waals surface area contributed by atoms with E-state index in [0.29, 0.717) is 31.0 Å². The predicted molar refractivity (Wildman–Crippen MR) is 69.5 cm³/mol. The first-order valence-corrected chi connectivity index (χ1v) is 6.52. The molecule has 0 aliphatic carbocycles. The first-order valence-electron chi connectivity index (χ1n) is 6.52. The molecule has 1 aromatic rings. The number of urea groups is 1. The van der Waals surface area contributed by atoms with Gasteiger partial charge in [-0.05, 0) is 6.07 Å². The van der Waals surface area contributed by atoms with Crippen molar-refractivity contribution in [3.8, 4) is 0 Å². The molecule has 8 heteroatoms. The molecule has 2 aliphatic rings. The van der Waals surface area contributed by atoms with Crippen molar-refractivity contribution < 1.29 is 14.0 Å². The van der Waals surface area contributed by atoms with E-state index in [4.69, 9.17) is 10.3 Å². The average molecular weight is 279 g/mol. The normalized spacial score (nSPS) is 22.6. The number of nitrogens with two attached hydrogens (primary N) is 1. The summed E-state index contributed by atoms with van der Waals surface area (Å²) in [5, 5.41) is 2.84. The molecule has 1 aromatic heterocycles. The van der Waals surface area contributed by atoms with E-state index in [9.17, 15) is 9.59 Å². The van der Waals surface area contributed by atoms with Crippen molar-refractivity contribution >= 4 is 11.9 Å². The van der Waals surface area contributed by atoms with Crippen LogP contribution in [0, 0.1) is 0 Å². The number of furan rings is 1. The predicted octanol–water partition coefficient (Wildman–Crippen LogP) is -0.907. The minimum absolute atomic E-state index is 0.0227. The highest BCUT2D eigenvalue weighted by molar-refractivity contribution is 5.93. The summed E-state index contributed by atoms with van der Waals surface area (Å²) in [6.45, 7) is 3.62. The summed E-state index contributed by atoms with van der Waals surface area (Å²) in [6.07, 6.45) is 1.40. The first kappa shape index (κ1) is 12.9. The molecular weight excluding hydrogens is 262 g/mol. The zero-order valence-electron chi connectivity index (χ0n) is 11.0. The Labute approximate surface area is 115 Å². The largest absolute Gasteiger partial charge is 0.467 e. The van der Waals surface area contributed by atoms with Gasteiger partial charge in [0.25, 0.3) is 5.91 Å². The van der Waals surface area contributed by atoms with E-state index in [-0.39, 0.29) is 18.0 Å². The number of piperazine rings is 1. The molecule has 1 unspecified atom stereocenters. The Kier molecular flexibility index (Phi) is 3.33. The lowest BCUT2D eigenvalue weighted by atomic mass is 10.2. The molecule has 2 fully saturated rings. The standard InChI is InChI=1S/C12H17N5O3/c13-15-11(18)8-3-10(20-7-8)6-16-1-2-17-9(5-16)4-14-12(17)19/h3,7,9H,1-2,4-6,13H2,(H,14,19)(H,15,18). The van der Waals surface area contributed by atoms with Gasteiger partial charge in [0.15, 0.2) is 0 Å². The lowest BCUT2D eigenvalue weighted by Gasteiger charge is -2.35. The molecule has 3 amide bonds. The van der Waals surface area contributed by atoms with Crippen molar-refractivity contribution in [1.29, 1.82) is 0 Å². The molecule has 2 saturated heterocycles. The molecule has 1 atom stereocenters. The Hall–Kier alpha value is -2.06. The second kappa shape index (κ2) is 5.14. The third-order valence-electron chi connectivity index (χ3n) is 3.74. The highest BCUT2D eigenvalue weighted by Crippen LogP contribution is 2.17. The Balaban J connectivity index is 1.60. The molecule has 0 bridgehead atoms. The molecule has 4 N–H and O–H groups in total. The monoisotopic (exact) mass is 279 g/mol. The number of nitrogens with zero attached hydrogens (tertiary/aromatic N) is 2. The van der Waals surface area contributed by atoms with E-state index < -0.39 is 0 Å². The summed E-state index contributed by atoms with van der Waals surface area (Å²) in [7, 11) is 0. The van der Waals surface area contributed by atoms with Gasteiger partial charge in [0.05, 0.1) is 18.2 Å². The van der Waals surface area contributed by atoms with Crippen LogP contribution in [0.15, 0.2) is 16.7 Å². The Morgan fingerprint density at radius 2 is 2.40 bits per heavy atom. The van der Waals surface area contributed by atoms with Gasteiger partial charge in [-0.1, -0.05) is 0 Å². The third-order valence-corrected chi connectivity index (χ3v) is 3.74. The number of carbonyl (C=O) groups is 2. The summed E-state index contributed by atoms with van der Waals surface area (Å²) in [5.74, 6) is 5.42. The van der Waals surface area contributed by atoms with Crippen LogP contribution >= 0.6 is 0 Å². The SMILES string of the molecule is NNC(=O)c1coc(CN2CCN3C(=O)NCC3C2)c1. The van der Waals surface area contributed by atoms with Crippen molar-refractivity contribution in [3.63, 3.8) is 0 Å². The topological polar surface area (TPSA) is 104 Å². The van der Waals surface area contributed by atoms with Gasteiger partial charge in [-0.3, -0.25) is 15.1 Å². The van der Waals surface area contributed by atoms with Crippen LogP contribution in [0.25, 0.3) is 0 Å². The zero-order chi connectivity index (χ0) is 14.1. The van der Waals surface area contributed by atoms with Gasteiger partial charge in [0.1, 0.15) is 12.0 Å². The molecule has 0 spiro atoms. The van der Waals surface area contributed by atoms with Crippen molar-refractivity contribution in [3.05, 3.63) is 23.7 Å². The highest BCUT2D eigenvalue weighted by atomic mass is 16.3. The van der Waals surface area contributed by atoms with Crippen LogP contribution in [-0.2, 0) is 6.54 Å². The fourth-order valence-electron chi connectivity index (χ4n) is 2.70. The van der Waals surface area contributed by atoms with Crippen molar-refractivity contribution in [2.45, 2.75) is 12.6 Å². The number of hydrogen-bond donors (Lipinski definition) is 3. The van der Waals surface area contributed by atoms with Gasteiger partial charge in [-0.15, -0.1) is 0 Å². The van der Waals surface area contributed by atoms with Gasteiger partial charge in [0, 0.05) is 26.2 Å². The summed E-state index contributed by atoms with van der Waals surface area (Å²) in [5.41, 5.74) is 2.48. The average Bonchev–Trinajstić information content (AvgIpc) is 3.06. The Bertz CT molecular complexity index is 529. The number of carbonyl (C=O) groups excluding carboxylic acids is 2. The molecule has 3 heterocycles. The van der Waals surface area contributed by atoms with E-state index in [2.05, 4.69) is 15.6 Å². The Morgan fingerprint density at radius 3 is 3.20 bits per heavy atom. The van der Waals surface area contributed by atoms with E-state index in [1.165, 1.54) is 6.26 Å². The zero-order valence-corrected chi connectivity index (χ0v) is 11.0. The van der Waals surface area contributed by atoms with E-state index in [1.807, 2.05) is 4.90 Å². The fourth-order valence-corrected chi connectivity index (χ4v) is 2.70. The molecule has 8 nitrogen and oxygen atoms in total. The number of nitrogen functional groups attached to an aromatic ring is 1. The number of rotatable bonds is 3. The van der Waals surface area contributed by atoms with Gasteiger partial charge in [-0.25, -0.2) is 10.6 Å². The molecule has 0 aromatic carbocycles. The summed E-state index contributed by atoms with van der Waals surface area (Å²) in [4.78, 5) is 26.9. The minimum Gasteiger partial charge on any atom is -0.467 e. The molecular formula is C12H17N5O3. The number of hydrazine groups is 1. The third kappa shape index (κ3) is 2.35. The summed E-state index contributed by atoms with van der Waals surface area (Å²) >= 11 is 0. The van der Waals surface area contributed by atoms with Crippen molar-refractivity contribution in [2.75, 3.05) is 26.2 Å². The van der Waals surface area contributed by atoms with Gasteiger partial charge in [-0.2, -0.15) is 0 Å². The minimum atomic E-state index is -0.365. The van der Waals surface area contributed by atoms with Crippen LogP contribution in [0.3, 0.4) is 0 Å². The van der Waals surface area contributed by atoms with Gasteiger partial charge in [0.2, 0.25) is 0 Å². The molecule has 0 saturated carbocycles. The van der Waals surface area contributed by atoms with E-state index in [0.717, 1.165) is 13.1 Å². The molecule has 108 valence electrons. The summed E-state index contributed by atoms with van der Waals surface area (Å²) in [6, 6.07) is 1.93.